The molecule has 0 aromatic carbocycles. The maximum absolute atomic E-state index is 13.1. The number of esters is 1. The smallest absolute Gasteiger partial charge is 0.309 e. The van der Waals surface area contributed by atoms with Crippen molar-refractivity contribution < 1.29 is 23.9 Å². The minimum absolute atomic E-state index is 0.0000285. The number of carbonyl (C=O) groups is 4. The van der Waals surface area contributed by atoms with Crippen LogP contribution < -0.4 is 10.2 Å². The zero-order valence-electron chi connectivity index (χ0n) is 20.9. The number of likely N-dealkylation sites (tertiary alicyclic amines) is 1. The van der Waals surface area contributed by atoms with Crippen molar-refractivity contribution >= 4 is 29.4 Å². The molecule has 9 heteroatoms. The van der Waals surface area contributed by atoms with E-state index in [-0.39, 0.29) is 41.4 Å². The molecule has 0 bridgehead atoms. The van der Waals surface area contributed by atoms with Gasteiger partial charge in [0.05, 0.1) is 29.4 Å². The molecule has 0 spiro atoms. The maximum Gasteiger partial charge on any atom is 0.309 e. The number of nitrogens with zero attached hydrogens (tertiary/aromatic N) is 3. The lowest BCUT2D eigenvalue weighted by molar-refractivity contribution is -0.162. The van der Waals surface area contributed by atoms with E-state index in [9.17, 15) is 19.2 Å². The molecule has 190 valence electrons. The average molecular weight is 485 g/mol. The fourth-order valence-electron chi connectivity index (χ4n) is 5.13. The summed E-state index contributed by atoms with van der Waals surface area (Å²) in [5.41, 5.74) is 1.17. The molecular formula is C26H36N4O5. The van der Waals surface area contributed by atoms with Gasteiger partial charge >= 0.3 is 5.97 Å². The second-order valence-electron chi connectivity index (χ2n) is 10.8. The lowest BCUT2D eigenvalue weighted by atomic mass is 9.91. The Morgan fingerprint density at radius 1 is 0.971 bits per heavy atom. The predicted molar refractivity (Wildman–Crippen MR) is 129 cm³/mol. The summed E-state index contributed by atoms with van der Waals surface area (Å²) in [6.07, 6.45) is 5.47. The number of anilines is 1. The van der Waals surface area contributed by atoms with Gasteiger partial charge in [0.1, 0.15) is 5.60 Å². The fourth-order valence-corrected chi connectivity index (χ4v) is 5.13. The number of rotatable bonds is 4. The van der Waals surface area contributed by atoms with E-state index in [1.807, 2.05) is 37.8 Å². The molecule has 3 amide bonds. The topological polar surface area (TPSA) is 109 Å². The number of ether oxygens (including phenoxy) is 1. The zero-order valence-corrected chi connectivity index (χ0v) is 20.9. The first-order valence-electron chi connectivity index (χ1n) is 12.7. The van der Waals surface area contributed by atoms with Gasteiger partial charge in [-0.25, -0.2) is 0 Å². The number of carbonyl (C=O) groups excluding carboxylic acids is 4. The van der Waals surface area contributed by atoms with Crippen LogP contribution in [0.25, 0.3) is 0 Å². The van der Waals surface area contributed by atoms with E-state index in [1.54, 1.807) is 6.20 Å². The standard InChI is InChI=1S/C26H36N4O5/c1-26(2,3)35-25(34)18-10-14-30(15-11-18)24(33)17-8-12-29(13-9-17)19-4-6-21(27-16-19)20-5-7-22(31)28-23(20)32/h4,6,16-18,20H,5,7-15H2,1-3H3,(H,28,31,32). The lowest BCUT2D eigenvalue weighted by Gasteiger charge is -2.38. The first-order valence-corrected chi connectivity index (χ1v) is 12.7. The van der Waals surface area contributed by atoms with Gasteiger partial charge in [-0.2, -0.15) is 0 Å². The summed E-state index contributed by atoms with van der Waals surface area (Å²) in [7, 11) is 0. The van der Waals surface area contributed by atoms with Crippen LogP contribution in [0, 0.1) is 11.8 Å². The van der Waals surface area contributed by atoms with Crippen molar-refractivity contribution in [1.82, 2.24) is 15.2 Å². The van der Waals surface area contributed by atoms with Crippen molar-refractivity contribution in [3.05, 3.63) is 24.0 Å². The monoisotopic (exact) mass is 484 g/mol. The molecule has 9 nitrogen and oxygen atoms in total. The van der Waals surface area contributed by atoms with Crippen molar-refractivity contribution in [2.75, 3.05) is 31.1 Å². The van der Waals surface area contributed by atoms with E-state index in [1.165, 1.54) is 0 Å². The van der Waals surface area contributed by atoms with Gasteiger partial charge in [0.25, 0.3) is 0 Å². The van der Waals surface area contributed by atoms with E-state index in [0.29, 0.717) is 44.5 Å². The lowest BCUT2D eigenvalue weighted by Crippen LogP contribution is -2.46. The number of hydrogen-bond donors (Lipinski definition) is 1. The van der Waals surface area contributed by atoms with Crippen LogP contribution in [-0.4, -0.2) is 65.4 Å². The summed E-state index contributed by atoms with van der Waals surface area (Å²) in [6, 6.07) is 3.83. The number of aromatic nitrogens is 1. The van der Waals surface area contributed by atoms with Crippen LogP contribution in [0.4, 0.5) is 5.69 Å². The summed E-state index contributed by atoms with van der Waals surface area (Å²) in [5, 5.41) is 2.38. The molecule has 3 aliphatic rings. The third kappa shape index (κ3) is 6.18. The highest BCUT2D eigenvalue weighted by Crippen LogP contribution is 2.29. The number of hydrogen-bond acceptors (Lipinski definition) is 7. The highest BCUT2D eigenvalue weighted by atomic mass is 16.6. The van der Waals surface area contributed by atoms with Crippen LogP contribution in [0.2, 0.25) is 0 Å². The Hall–Kier alpha value is -2.97. The van der Waals surface area contributed by atoms with E-state index >= 15 is 0 Å². The Labute approximate surface area is 206 Å². The van der Waals surface area contributed by atoms with Gasteiger partial charge in [-0.3, -0.25) is 29.5 Å². The largest absolute Gasteiger partial charge is 0.460 e. The van der Waals surface area contributed by atoms with Crippen molar-refractivity contribution in [1.29, 1.82) is 0 Å². The van der Waals surface area contributed by atoms with Gasteiger partial charge in [-0.05, 0) is 65.0 Å². The minimum atomic E-state index is -0.487. The summed E-state index contributed by atoms with van der Waals surface area (Å²) in [4.78, 5) is 57.5. The zero-order chi connectivity index (χ0) is 25.2. The molecule has 0 aliphatic carbocycles. The van der Waals surface area contributed by atoms with Gasteiger partial charge in [-0.15, -0.1) is 0 Å². The molecule has 1 unspecified atom stereocenters. The van der Waals surface area contributed by atoms with Crippen molar-refractivity contribution in [2.24, 2.45) is 11.8 Å². The van der Waals surface area contributed by atoms with Gasteiger partial charge < -0.3 is 14.5 Å². The molecule has 4 rings (SSSR count). The summed E-state index contributed by atoms with van der Waals surface area (Å²) in [5.74, 6) is -0.988. The molecule has 3 fully saturated rings. The second-order valence-corrected chi connectivity index (χ2v) is 10.8. The summed E-state index contributed by atoms with van der Waals surface area (Å²) >= 11 is 0. The van der Waals surface area contributed by atoms with Gasteiger partial charge in [0.15, 0.2) is 0 Å². The van der Waals surface area contributed by atoms with Crippen molar-refractivity contribution in [3.63, 3.8) is 0 Å². The van der Waals surface area contributed by atoms with Crippen LogP contribution in [0.1, 0.15) is 70.9 Å². The number of nitrogens with one attached hydrogen (secondary N) is 1. The summed E-state index contributed by atoms with van der Waals surface area (Å²) < 4.78 is 5.51. The molecule has 4 heterocycles. The molecular weight excluding hydrogens is 448 g/mol. The Kier molecular flexibility index (Phi) is 7.42. The van der Waals surface area contributed by atoms with Crippen LogP contribution in [0.5, 0.6) is 0 Å². The highest BCUT2D eigenvalue weighted by molar-refractivity contribution is 6.00. The molecule has 1 N–H and O–H groups in total. The molecule has 1 aromatic rings. The average Bonchev–Trinajstić information content (AvgIpc) is 2.83. The Morgan fingerprint density at radius 3 is 2.20 bits per heavy atom. The molecule has 1 atom stereocenters. The molecule has 0 saturated carbocycles. The Morgan fingerprint density at radius 2 is 1.63 bits per heavy atom. The summed E-state index contributed by atoms with van der Waals surface area (Å²) in [6.45, 7) is 8.37. The molecule has 3 aliphatic heterocycles. The highest BCUT2D eigenvalue weighted by Gasteiger charge is 2.34. The Bertz CT molecular complexity index is 955. The van der Waals surface area contributed by atoms with Crippen LogP contribution >= 0.6 is 0 Å². The van der Waals surface area contributed by atoms with Gasteiger partial charge in [-0.1, -0.05) is 0 Å². The van der Waals surface area contributed by atoms with E-state index in [4.69, 9.17) is 4.74 Å². The normalized spacial score (nSPS) is 22.7. The van der Waals surface area contributed by atoms with Crippen molar-refractivity contribution in [2.45, 2.75) is 70.8 Å². The van der Waals surface area contributed by atoms with Crippen LogP contribution in [0.3, 0.4) is 0 Å². The fraction of sp³-hybridized carbons (Fsp3) is 0.654. The molecule has 1 aromatic heterocycles. The number of pyridine rings is 1. The molecule has 0 radical (unpaired) electrons. The van der Waals surface area contributed by atoms with E-state index in [2.05, 4.69) is 15.2 Å². The first-order chi connectivity index (χ1) is 16.6. The van der Waals surface area contributed by atoms with Crippen LogP contribution in [-0.2, 0) is 23.9 Å². The number of imide groups is 1. The van der Waals surface area contributed by atoms with E-state index < -0.39 is 5.60 Å². The minimum Gasteiger partial charge on any atom is -0.460 e. The number of amides is 3. The third-order valence-corrected chi connectivity index (χ3v) is 7.12. The SMILES string of the molecule is CC(C)(C)OC(=O)C1CCN(C(=O)C2CCN(c3ccc(C4CCC(=O)NC4=O)nc3)CC2)CC1. The maximum atomic E-state index is 13.1. The van der Waals surface area contributed by atoms with E-state index in [0.717, 1.165) is 31.6 Å². The second kappa shape index (κ2) is 10.3. The Balaban J connectivity index is 1.24. The third-order valence-electron chi connectivity index (χ3n) is 7.12. The van der Waals surface area contributed by atoms with Gasteiger partial charge in [0.2, 0.25) is 17.7 Å². The van der Waals surface area contributed by atoms with Crippen LogP contribution in [0.15, 0.2) is 18.3 Å². The number of piperidine rings is 3. The quantitative estimate of drug-likeness (QED) is 0.516. The molecule has 3 saturated heterocycles. The van der Waals surface area contributed by atoms with Crippen molar-refractivity contribution in [3.8, 4) is 0 Å². The predicted octanol–water partition coefficient (Wildman–Crippen LogP) is 2.40. The van der Waals surface area contributed by atoms with Gasteiger partial charge in [0, 0.05) is 38.5 Å². The first kappa shape index (κ1) is 25.1. The molecule has 35 heavy (non-hydrogen) atoms.